The van der Waals surface area contributed by atoms with E-state index in [0.29, 0.717) is 49.9 Å². The van der Waals surface area contributed by atoms with Crippen LogP contribution >= 0.6 is 0 Å². The molecule has 4 rings (SSSR count). The zero-order valence-electron chi connectivity index (χ0n) is 28.0. The Labute approximate surface area is 274 Å². The number of amides is 3. The van der Waals surface area contributed by atoms with Gasteiger partial charge in [0, 0.05) is 64.5 Å². The Kier molecular flexibility index (Phi) is 13.3. The molecule has 3 aromatic rings. The summed E-state index contributed by atoms with van der Waals surface area (Å²) in [6.07, 6.45) is 1.58. The lowest BCUT2D eigenvalue weighted by atomic mass is 9.94. The predicted molar refractivity (Wildman–Crippen MR) is 183 cm³/mol. The van der Waals surface area contributed by atoms with Gasteiger partial charge in [0.1, 0.15) is 0 Å². The van der Waals surface area contributed by atoms with Crippen LogP contribution in [0.15, 0.2) is 78.9 Å². The molecule has 0 aliphatic carbocycles. The Bertz CT molecular complexity index is 1330. The summed E-state index contributed by atoms with van der Waals surface area (Å²) in [6.45, 7) is 10.6. The first-order valence-electron chi connectivity index (χ1n) is 16.4. The third-order valence-electron chi connectivity index (χ3n) is 8.40. The molecule has 2 atom stereocenters. The highest BCUT2D eigenvalue weighted by atomic mass is 16.5. The van der Waals surface area contributed by atoms with Crippen molar-refractivity contribution < 1.29 is 23.8 Å². The number of urea groups is 1. The minimum atomic E-state index is -0.0501. The van der Waals surface area contributed by atoms with E-state index in [1.807, 2.05) is 84.3 Å². The van der Waals surface area contributed by atoms with Crippen LogP contribution in [0.4, 0.5) is 16.2 Å². The highest BCUT2D eigenvalue weighted by Gasteiger charge is 2.35. The number of methoxy groups -OCH3 is 2. The summed E-state index contributed by atoms with van der Waals surface area (Å²) >= 11 is 0. The van der Waals surface area contributed by atoms with E-state index in [1.54, 1.807) is 37.3 Å². The molecule has 9 nitrogen and oxygen atoms in total. The summed E-state index contributed by atoms with van der Waals surface area (Å²) < 4.78 is 16.6. The number of nitrogens with one attached hydrogen (secondary N) is 1. The minimum Gasteiger partial charge on any atom is -0.493 e. The molecule has 1 aliphatic rings. The van der Waals surface area contributed by atoms with Gasteiger partial charge in [0.25, 0.3) is 5.91 Å². The number of anilines is 2. The first kappa shape index (κ1) is 34.8. The molecule has 248 valence electrons. The monoisotopic (exact) mass is 630 g/mol. The van der Waals surface area contributed by atoms with Gasteiger partial charge in [-0.1, -0.05) is 43.3 Å². The van der Waals surface area contributed by atoms with E-state index in [-0.39, 0.29) is 29.8 Å². The summed E-state index contributed by atoms with van der Waals surface area (Å²) in [5.41, 5.74) is 2.22. The molecule has 1 aliphatic heterocycles. The number of rotatable bonds is 16. The van der Waals surface area contributed by atoms with Gasteiger partial charge < -0.3 is 29.3 Å². The molecule has 0 saturated carbocycles. The number of hydrogen-bond acceptors (Lipinski definition) is 6. The molecular weight excluding hydrogens is 580 g/mol. The molecule has 3 aromatic carbocycles. The zero-order valence-corrected chi connectivity index (χ0v) is 28.0. The van der Waals surface area contributed by atoms with Crippen molar-refractivity contribution in [3.8, 4) is 11.5 Å². The van der Waals surface area contributed by atoms with Crippen molar-refractivity contribution >= 4 is 23.3 Å². The molecule has 3 amide bonds. The van der Waals surface area contributed by atoms with Crippen molar-refractivity contribution in [2.24, 2.45) is 11.8 Å². The maximum atomic E-state index is 14.3. The van der Waals surface area contributed by atoms with Gasteiger partial charge in [0.05, 0.1) is 25.1 Å². The fourth-order valence-electron chi connectivity index (χ4n) is 5.95. The average Bonchev–Trinajstić information content (AvgIpc) is 3.52. The van der Waals surface area contributed by atoms with Crippen molar-refractivity contribution in [3.05, 3.63) is 84.4 Å². The maximum absolute atomic E-state index is 14.3. The molecule has 0 spiro atoms. The molecule has 1 saturated heterocycles. The molecule has 0 unspecified atom stereocenters. The minimum absolute atomic E-state index is 0.0121. The number of nitrogens with zero attached hydrogens (tertiary/aromatic N) is 3. The summed E-state index contributed by atoms with van der Waals surface area (Å²) in [5, 5.41) is 3.55. The van der Waals surface area contributed by atoms with Gasteiger partial charge in [-0.05, 0) is 74.6 Å². The smallest absolute Gasteiger partial charge is 0.329 e. The van der Waals surface area contributed by atoms with Crippen LogP contribution in [-0.2, 0) is 4.74 Å². The van der Waals surface area contributed by atoms with E-state index in [1.165, 1.54) is 0 Å². The van der Waals surface area contributed by atoms with Gasteiger partial charge in [-0.25, -0.2) is 4.79 Å². The molecule has 1 fully saturated rings. The predicted octanol–water partition coefficient (Wildman–Crippen LogP) is 6.47. The lowest BCUT2D eigenvalue weighted by Gasteiger charge is -2.35. The van der Waals surface area contributed by atoms with Crippen LogP contribution < -0.4 is 19.7 Å². The van der Waals surface area contributed by atoms with E-state index in [4.69, 9.17) is 14.2 Å². The molecule has 1 N–H and O–H groups in total. The second kappa shape index (κ2) is 17.6. The van der Waals surface area contributed by atoms with E-state index in [2.05, 4.69) is 12.2 Å². The summed E-state index contributed by atoms with van der Waals surface area (Å²) in [5.74, 6) is 1.46. The van der Waals surface area contributed by atoms with Crippen LogP contribution in [-0.4, -0.2) is 87.9 Å². The van der Waals surface area contributed by atoms with Gasteiger partial charge in [-0.3, -0.25) is 9.69 Å². The first-order valence-corrected chi connectivity index (χ1v) is 16.4. The van der Waals surface area contributed by atoms with Crippen LogP contribution in [0.2, 0.25) is 0 Å². The van der Waals surface area contributed by atoms with Crippen LogP contribution in [0.1, 0.15) is 44.0 Å². The van der Waals surface area contributed by atoms with Gasteiger partial charge in [-0.15, -0.1) is 0 Å². The SMILES string of the molecule is CCCN(C[C@@H]1CNC[C@H]1CN(C(=O)c1ccc(OC)c(OCCCOC)c1)C(C)C)C(=O)N(c1ccccc1)c1ccccc1. The lowest BCUT2D eigenvalue weighted by Crippen LogP contribution is -2.47. The summed E-state index contributed by atoms with van der Waals surface area (Å²) in [7, 11) is 3.26. The van der Waals surface area contributed by atoms with E-state index < -0.39 is 0 Å². The first-order chi connectivity index (χ1) is 22.4. The Hall–Kier alpha value is -4.08. The molecular formula is C37H50N4O5. The third kappa shape index (κ3) is 9.01. The molecule has 9 heteroatoms. The van der Waals surface area contributed by atoms with Crippen molar-refractivity contribution in [1.82, 2.24) is 15.1 Å². The number of hydrogen-bond donors (Lipinski definition) is 1. The largest absolute Gasteiger partial charge is 0.493 e. The molecule has 0 bridgehead atoms. The second-order valence-corrected chi connectivity index (χ2v) is 12.0. The second-order valence-electron chi connectivity index (χ2n) is 12.0. The van der Waals surface area contributed by atoms with E-state index in [9.17, 15) is 9.59 Å². The molecule has 0 radical (unpaired) electrons. The Morgan fingerprint density at radius 1 is 0.848 bits per heavy atom. The summed E-state index contributed by atoms with van der Waals surface area (Å²) in [6, 6.07) is 24.9. The van der Waals surface area contributed by atoms with Crippen molar-refractivity contribution in [2.45, 2.75) is 39.7 Å². The Morgan fingerprint density at radius 2 is 1.48 bits per heavy atom. The van der Waals surface area contributed by atoms with E-state index >= 15 is 0 Å². The van der Waals surface area contributed by atoms with E-state index in [0.717, 1.165) is 37.3 Å². The third-order valence-corrected chi connectivity index (χ3v) is 8.40. The fraction of sp³-hybridized carbons (Fsp3) is 0.459. The fourth-order valence-corrected chi connectivity index (χ4v) is 5.95. The highest BCUT2D eigenvalue weighted by Crippen LogP contribution is 2.31. The zero-order chi connectivity index (χ0) is 32.9. The maximum Gasteiger partial charge on any atom is 0.329 e. The average molecular weight is 631 g/mol. The number of ether oxygens (including phenoxy) is 3. The van der Waals surface area contributed by atoms with Gasteiger partial charge in [0.2, 0.25) is 0 Å². The highest BCUT2D eigenvalue weighted by molar-refractivity contribution is 5.99. The lowest BCUT2D eigenvalue weighted by molar-refractivity contribution is 0.0654. The normalized spacial score (nSPS) is 15.9. The number of benzene rings is 3. The topological polar surface area (TPSA) is 83.6 Å². The van der Waals surface area contributed by atoms with Crippen LogP contribution in [0.5, 0.6) is 11.5 Å². The van der Waals surface area contributed by atoms with Crippen molar-refractivity contribution in [1.29, 1.82) is 0 Å². The van der Waals surface area contributed by atoms with Gasteiger partial charge >= 0.3 is 6.03 Å². The summed E-state index contributed by atoms with van der Waals surface area (Å²) in [4.78, 5) is 34.0. The quantitative estimate of drug-likeness (QED) is 0.183. The Balaban J connectivity index is 1.51. The van der Waals surface area contributed by atoms with Crippen LogP contribution in [0, 0.1) is 11.8 Å². The van der Waals surface area contributed by atoms with Gasteiger partial charge in [0.15, 0.2) is 11.5 Å². The van der Waals surface area contributed by atoms with Crippen LogP contribution in [0.3, 0.4) is 0 Å². The van der Waals surface area contributed by atoms with Gasteiger partial charge in [-0.2, -0.15) is 0 Å². The molecule has 46 heavy (non-hydrogen) atoms. The standard InChI is InChI=1S/C37H50N4O5/c1-6-20-39(37(43)41(32-14-9-7-10-15-32)33-16-11-8-12-17-33)26-30-24-38-25-31(30)27-40(28(2)3)36(42)29-18-19-34(45-5)35(23-29)46-22-13-21-44-4/h7-12,14-19,23,28,30-31,38H,6,13,20-22,24-27H2,1-5H3/t30-,31-/m0/s1. The molecule has 1 heterocycles. The number of carbonyl (C=O) groups excluding carboxylic acids is 2. The molecule has 0 aromatic heterocycles. The van der Waals surface area contributed by atoms with Crippen molar-refractivity contribution in [3.63, 3.8) is 0 Å². The van der Waals surface area contributed by atoms with Crippen LogP contribution in [0.25, 0.3) is 0 Å². The number of carbonyl (C=O) groups is 2. The van der Waals surface area contributed by atoms with Crippen molar-refractivity contribution in [2.75, 3.05) is 65.1 Å². The Morgan fingerprint density at radius 3 is 2.04 bits per heavy atom. The number of para-hydroxylation sites is 2.